The van der Waals surface area contributed by atoms with Gasteiger partial charge in [0, 0.05) is 38.8 Å². The van der Waals surface area contributed by atoms with Gasteiger partial charge in [-0.15, -0.1) is 0 Å². The number of methoxy groups -OCH3 is 1. The fraction of sp³-hybridized carbons (Fsp3) is 0.526. The van der Waals surface area contributed by atoms with Gasteiger partial charge in [-0.1, -0.05) is 24.2 Å². The first-order valence-corrected chi connectivity index (χ1v) is 9.19. The van der Waals surface area contributed by atoms with E-state index in [0.29, 0.717) is 12.4 Å². The first kappa shape index (κ1) is 19.9. The summed E-state index contributed by atoms with van der Waals surface area (Å²) >= 11 is 0. The normalized spacial score (nSPS) is 11.6. The van der Waals surface area contributed by atoms with E-state index in [0.717, 1.165) is 61.9 Å². The van der Waals surface area contributed by atoms with Crippen LogP contribution in [0.2, 0.25) is 0 Å². The van der Waals surface area contributed by atoms with Gasteiger partial charge in [-0.2, -0.15) is 4.98 Å². The second-order valence-electron chi connectivity index (χ2n) is 5.93. The molecule has 0 saturated carbocycles. The number of nitrogens with one attached hydrogen (secondary N) is 2. The average molecular weight is 359 g/mol. The van der Waals surface area contributed by atoms with Crippen LogP contribution in [0, 0.1) is 0 Å². The quantitative estimate of drug-likeness (QED) is 0.385. The van der Waals surface area contributed by atoms with E-state index in [4.69, 9.17) is 9.26 Å². The van der Waals surface area contributed by atoms with Crippen LogP contribution in [-0.4, -0.2) is 42.9 Å². The lowest BCUT2D eigenvalue weighted by Crippen LogP contribution is -2.38. The Labute approximate surface area is 155 Å². The van der Waals surface area contributed by atoms with Crippen molar-refractivity contribution in [1.82, 2.24) is 20.8 Å². The third kappa shape index (κ3) is 6.48. The van der Waals surface area contributed by atoms with E-state index in [1.165, 1.54) is 0 Å². The van der Waals surface area contributed by atoms with Gasteiger partial charge in [0.15, 0.2) is 11.8 Å². The van der Waals surface area contributed by atoms with E-state index in [2.05, 4.69) is 39.6 Å². The predicted molar refractivity (Wildman–Crippen MR) is 103 cm³/mol. The number of benzene rings is 1. The molecule has 26 heavy (non-hydrogen) atoms. The molecule has 0 fully saturated rings. The van der Waals surface area contributed by atoms with Crippen LogP contribution in [0.1, 0.15) is 38.1 Å². The molecule has 0 radical (unpaired) electrons. The molecule has 0 aliphatic carbocycles. The summed E-state index contributed by atoms with van der Waals surface area (Å²) < 4.78 is 10.4. The van der Waals surface area contributed by atoms with Gasteiger partial charge in [0.25, 0.3) is 5.89 Å². The lowest BCUT2D eigenvalue weighted by Gasteiger charge is -2.11. The van der Waals surface area contributed by atoms with Crippen molar-refractivity contribution < 1.29 is 9.26 Å². The smallest absolute Gasteiger partial charge is 0.257 e. The van der Waals surface area contributed by atoms with Crippen LogP contribution in [0.5, 0.6) is 0 Å². The summed E-state index contributed by atoms with van der Waals surface area (Å²) in [6.07, 6.45) is 2.76. The van der Waals surface area contributed by atoms with E-state index in [9.17, 15) is 0 Å². The molecule has 0 amide bonds. The highest BCUT2D eigenvalue weighted by atomic mass is 16.5. The van der Waals surface area contributed by atoms with E-state index < -0.39 is 0 Å². The SMILES string of the molecule is CCCc1noc(-c2cccc(CN=C(NCC)NCCCOC)c2)n1. The Morgan fingerprint density at radius 3 is 2.92 bits per heavy atom. The Balaban J connectivity index is 2.00. The number of rotatable bonds is 10. The monoisotopic (exact) mass is 359 g/mol. The maximum Gasteiger partial charge on any atom is 0.257 e. The van der Waals surface area contributed by atoms with Crippen molar-refractivity contribution in [2.45, 2.75) is 39.7 Å². The summed E-state index contributed by atoms with van der Waals surface area (Å²) in [5.41, 5.74) is 2.01. The zero-order valence-corrected chi connectivity index (χ0v) is 15.9. The highest BCUT2D eigenvalue weighted by Gasteiger charge is 2.08. The summed E-state index contributed by atoms with van der Waals surface area (Å²) in [6, 6.07) is 8.06. The molecule has 0 unspecified atom stereocenters. The predicted octanol–water partition coefficient (Wildman–Crippen LogP) is 2.78. The van der Waals surface area contributed by atoms with Crippen LogP contribution in [-0.2, 0) is 17.7 Å². The van der Waals surface area contributed by atoms with Crippen molar-refractivity contribution in [3.05, 3.63) is 35.7 Å². The second kappa shape index (κ2) is 11.3. The molecule has 7 nitrogen and oxygen atoms in total. The molecule has 1 heterocycles. The number of hydrogen-bond acceptors (Lipinski definition) is 5. The minimum atomic E-state index is 0.559. The van der Waals surface area contributed by atoms with E-state index in [1.807, 2.05) is 24.3 Å². The van der Waals surface area contributed by atoms with Gasteiger partial charge in [-0.05, 0) is 37.5 Å². The number of guanidine groups is 1. The van der Waals surface area contributed by atoms with Gasteiger partial charge in [0.2, 0.25) is 0 Å². The van der Waals surface area contributed by atoms with E-state index in [-0.39, 0.29) is 0 Å². The Morgan fingerprint density at radius 2 is 2.15 bits per heavy atom. The first-order valence-electron chi connectivity index (χ1n) is 9.19. The van der Waals surface area contributed by atoms with Crippen molar-refractivity contribution in [2.24, 2.45) is 4.99 Å². The van der Waals surface area contributed by atoms with E-state index >= 15 is 0 Å². The lowest BCUT2D eigenvalue weighted by molar-refractivity contribution is 0.195. The highest BCUT2D eigenvalue weighted by Crippen LogP contribution is 2.19. The van der Waals surface area contributed by atoms with Crippen LogP contribution in [0.4, 0.5) is 0 Å². The van der Waals surface area contributed by atoms with Crippen LogP contribution >= 0.6 is 0 Å². The second-order valence-corrected chi connectivity index (χ2v) is 5.93. The summed E-state index contributed by atoms with van der Waals surface area (Å²) in [5.74, 6) is 2.11. The number of aryl methyl sites for hydroxylation is 1. The van der Waals surface area contributed by atoms with Gasteiger partial charge in [0.1, 0.15) is 0 Å². The molecule has 0 spiro atoms. The maximum absolute atomic E-state index is 5.37. The molecule has 7 heteroatoms. The summed E-state index contributed by atoms with van der Waals surface area (Å²) in [7, 11) is 1.71. The Hall–Kier alpha value is -2.41. The zero-order valence-electron chi connectivity index (χ0n) is 15.9. The Morgan fingerprint density at radius 1 is 1.27 bits per heavy atom. The average Bonchev–Trinajstić information content (AvgIpc) is 3.12. The lowest BCUT2D eigenvalue weighted by atomic mass is 10.1. The first-order chi connectivity index (χ1) is 12.8. The fourth-order valence-electron chi connectivity index (χ4n) is 2.43. The number of aliphatic imine (C=N–C) groups is 1. The van der Waals surface area contributed by atoms with Gasteiger partial charge in [0.05, 0.1) is 6.54 Å². The molecule has 2 rings (SSSR count). The van der Waals surface area contributed by atoms with Gasteiger partial charge >= 0.3 is 0 Å². The molecule has 1 aromatic carbocycles. The standard InChI is InChI=1S/C19H29N5O2/c1-4-8-17-23-18(26-24-17)16-10-6-9-15(13-16)14-22-19(20-5-2)21-11-7-12-25-3/h6,9-10,13H,4-5,7-8,11-12,14H2,1-3H3,(H2,20,21,22). The minimum Gasteiger partial charge on any atom is -0.385 e. The molecular weight excluding hydrogens is 330 g/mol. The van der Waals surface area contributed by atoms with Crippen LogP contribution in [0.3, 0.4) is 0 Å². The number of nitrogens with zero attached hydrogens (tertiary/aromatic N) is 3. The van der Waals surface area contributed by atoms with Gasteiger partial charge in [-0.3, -0.25) is 0 Å². The molecule has 0 aliphatic heterocycles. The minimum absolute atomic E-state index is 0.559. The summed E-state index contributed by atoms with van der Waals surface area (Å²) in [6.45, 7) is 7.10. The van der Waals surface area contributed by atoms with Crippen molar-refractivity contribution in [2.75, 3.05) is 26.8 Å². The van der Waals surface area contributed by atoms with Gasteiger partial charge in [-0.25, -0.2) is 4.99 Å². The topological polar surface area (TPSA) is 84.6 Å². The van der Waals surface area contributed by atoms with Crippen molar-refractivity contribution in [3.63, 3.8) is 0 Å². The highest BCUT2D eigenvalue weighted by molar-refractivity contribution is 5.79. The molecule has 0 aliphatic rings. The van der Waals surface area contributed by atoms with Gasteiger partial charge < -0.3 is 19.9 Å². The Kier molecular flexibility index (Phi) is 8.62. The Bertz CT molecular complexity index is 684. The number of aromatic nitrogens is 2. The van der Waals surface area contributed by atoms with Crippen LogP contribution in [0.15, 0.2) is 33.8 Å². The number of ether oxygens (including phenoxy) is 1. The van der Waals surface area contributed by atoms with E-state index in [1.54, 1.807) is 7.11 Å². The number of hydrogen-bond donors (Lipinski definition) is 2. The molecule has 2 aromatic rings. The van der Waals surface area contributed by atoms with Crippen LogP contribution in [0.25, 0.3) is 11.5 Å². The molecule has 0 bridgehead atoms. The summed E-state index contributed by atoms with van der Waals surface area (Å²) in [5, 5.41) is 10.6. The molecule has 2 N–H and O–H groups in total. The maximum atomic E-state index is 5.37. The zero-order chi connectivity index (χ0) is 18.6. The third-order valence-electron chi connectivity index (χ3n) is 3.70. The molecular formula is C19H29N5O2. The van der Waals surface area contributed by atoms with Crippen molar-refractivity contribution >= 4 is 5.96 Å². The van der Waals surface area contributed by atoms with Crippen molar-refractivity contribution in [3.8, 4) is 11.5 Å². The largest absolute Gasteiger partial charge is 0.385 e. The fourth-order valence-corrected chi connectivity index (χ4v) is 2.43. The molecule has 0 atom stereocenters. The molecule has 142 valence electrons. The molecule has 1 aromatic heterocycles. The molecule has 0 saturated heterocycles. The van der Waals surface area contributed by atoms with Crippen molar-refractivity contribution in [1.29, 1.82) is 0 Å². The van der Waals surface area contributed by atoms with Crippen LogP contribution < -0.4 is 10.6 Å². The third-order valence-corrected chi connectivity index (χ3v) is 3.70. The summed E-state index contributed by atoms with van der Waals surface area (Å²) in [4.78, 5) is 9.08.